The number of carbonyl (C=O) groups is 1. The molecule has 1 aromatic carbocycles. The van der Waals surface area contributed by atoms with E-state index in [4.69, 9.17) is 9.47 Å². The van der Waals surface area contributed by atoms with Gasteiger partial charge >= 0.3 is 0 Å². The van der Waals surface area contributed by atoms with Gasteiger partial charge in [-0.25, -0.2) is 9.97 Å². The molecule has 1 atom stereocenters. The van der Waals surface area contributed by atoms with Crippen molar-refractivity contribution in [1.29, 1.82) is 0 Å². The lowest BCUT2D eigenvalue weighted by atomic mass is 9.85. The minimum atomic E-state index is -0.141. The Hall–Kier alpha value is -3.42. The molecular formula is C23H25N5O3. The van der Waals surface area contributed by atoms with Crippen LogP contribution in [0.2, 0.25) is 0 Å². The van der Waals surface area contributed by atoms with Gasteiger partial charge in [-0.3, -0.25) is 4.79 Å². The molecule has 0 radical (unpaired) electrons. The number of methoxy groups -OCH3 is 1. The molecule has 2 aliphatic rings. The third-order valence-corrected chi connectivity index (χ3v) is 6.03. The molecule has 1 unspecified atom stereocenters. The zero-order valence-electron chi connectivity index (χ0n) is 17.7. The highest BCUT2D eigenvalue weighted by atomic mass is 16.5. The Morgan fingerprint density at radius 1 is 1.13 bits per heavy atom. The fraction of sp³-hybridized carbons (Fsp3) is 0.391. The first-order chi connectivity index (χ1) is 15.1. The van der Waals surface area contributed by atoms with Crippen molar-refractivity contribution in [3.63, 3.8) is 0 Å². The van der Waals surface area contributed by atoms with Crippen LogP contribution >= 0.6 is 0 Å². The molecule has 31 heavy (non-hydrogen) atoms. The molecule has 0 bridgehead atoms. The largest absolute Gasteiger partial charge is 0.493 e. The summed E-state index contributed by atoms with van der Waals surface area (Å²) in [5.41, 5.74) is 2.81. The molecule has 2 aromatic heterocycles. The summed E-state index contributed by atoms with van der Waals surface area (Å²) in [6.07, 6.45) is 8.38. The van der Waals surface area contributed by atoms with Crippen LogP contribution < -0.4 is 14.8 Å². The standard InChI is InChI=1S/C23H25N5O3/c1-14-21-17(13-20(29)26-22(21)28(27-14)23-24-10-5-11-25-23)15-8-9-18(30-2)19(12-15)31-16-6-3-4-7-16/h5,8-12,16-17H,3-4,6-7,13H2,1-2H3,(H,26,29). The van der Waals surface area contributed by atoms with E-state index in [1.54, 1.807) is 30.3 Å². The van der Waals surface area contributed by atoms with Crippen LogP contribution in [0.5, 0.6) is 11.5 Å². The normalized spacial score (nSPS) is 18.5. The fourth-order valence-electron chi connectivity index (χ4n) is 4.57. The van der Waals surface area contributed by atoms with Gasteiger partial charge in [0.1, 0.15) is 5.82 Å². The second-order valence-corrected chi connectivity index (χ2v) is 8.05. The number of amides is 1. The number of ether oxygens (including phenoxy) is 2. The molecule has 1 saturated carbocycles. The van der Waals surface area contributed by atoms with Crippen molar-refractivity contribution in [2.24, 2.45) is 0 Å². The Morgan fingerprint density at radius 3 is 2.65 bits per heavy atom. The molecule has 1 aliphatic heterocycles. The molecular weight excluding hydrogens is 394 g/mol. The highest BCUT2D eigenvalue weighted by Gasteiger charge is 2.33. The van der Waals surface area contributed by atoms with E-state index in [2.05, 4.69) is 20.4 Å². The number of hydrogen-bond donors (Lipinski definition) is 1. The lowest BCUT2D eigenvalue weighted by Gasteiger charge is -2.25. The number of aryl methyl sites for hydroxylation is 1. The van der Waals surface area contributed by atoms with Crippen LogP contribution in [0.25, 0.3) is 5.95 Å². The Kier molecular flexibility index (Phi) is 5.05. The van der Waals surface area contributed by atoms with Gasteiger partial charge in [0.05, 0.1) is 18.9 Å². The Labute approximate surface area is 180 Å². The minimum absolute atomic E-state index is 0.0661. The maximum Gasteiger partial charge on any atom is 0.252 e. The van der Waals surface area contributed by atoms with Crippen molar-refractivity contribution < 1.29 is 14.3 Å². The lowest BCUT2D eigenvalue weighted by Crippen LogP contribution is -2.25. The number of benzene rings is 1. The summed E-state index contributed by atoms with van der Waals surface area (Å²) in [5.74, 6) is 2.28. The topological polar surface area (TPSA) is 91.2 Å². The van der Waals surface area contributed by atoms with E-state index in [1.165, 1.54) is 12.8 Å². The third kappa shape index (κ3) is 3.62. The monoisotopic (exact) mass is 419 g/mol. The quantitative estimate of drug-likeness (QED) is 0.677. The molecule has 1 fully saturated rings. The van der Waals surface area contributed by atoms with Crippen molar-refractivity contribution in [3.8, 4) is 17.4 Å². The van der Waals surface area contributed by atoms with Crippen molar-refractivity contribution in [1.82, 2.24) is 19.7 Å². The summed E-state index contributed by atoms with van der Waals surface area (Å²) in [6, 6.07) is 7.69. The number of nitrogens with one attached hydrogen (secondary N) is 1. The van der Waals surface area contributed by atoms with E-state index in [-0.39, 0.29) is 17.9 Å². The molecule has 3 heterocycles. The first-order valence-electron chi connectivity index (χ1n) is 10.7. The third-order valence-electron chi connectivity index (χ3n) is 6.03. The van der Waals surface area contributed by atoms with Crippen LogP contribution in [-0.2, 0) is 4.79 Å². The predicted octanol–water partition coefficient (Wildman–Crippen LogP) is 3.77. The average Bonchev–Trinajstić information content (AvgIpc) is 3.41. The summed E-state index contributed by atoms with van der Waals surface area (Å²) in [7, 11) is 1.65. The van der Waals surface area contributed by atoms with Gasteiger partial charge in [0, 0.05) is 30.3 Å². The smallest absolute Gasteiger partial charge is 0.252 e. The van der Waals surface area contributed by atoms with Crippen molar-refractivity contribution in [2.75, 3.05) is 12.4 Å². The van der Waals surface area contributed by atoms with Gasteiger partial charge < -0.3 is 14.8 Å². The van der Waals surface area contributed by atoms with Gasteiger partial charge in [-0.2, -0.15) is 9.78 Å². The van der Waals surface area contributed by atoms with Crippen LogP contribution in [0.1, 0.15) is 54.8 Å². The molecule has 160 valence electrons. The summed E-state index contributed by atoms with van der Waals surface area (Å²) in [6.45, 7) is 1.95. The molecule has 1 amide bonds. The number of hydrogen-bond acceptors (Lipinski definition) is 6. The summed E-state index contributed by atoms with van der Waals surface area (Å²) < 4.78 is 13.4. The Bertz CT molecular complexity index is 1110. The second kappa shape index (κ2) is 8.02. The van der Waals surface area contributed by atoms with Gasteiger partial charge in [0.25, 0.3) is 5.95 Å². The highest BCUT2D eigenvalue weighted by molar-refractivity contribution is 5.95. The number of rotatable bonds is 5. The molecule has 5 rings (SSSR count). The zero-order valence-corrected chi connectivity index (χ0v) is 17.7. The van der Waals surface area contributed by atoms with Gasteiger partial charge in [-0.1, -0.05) is 6.07 Å². The zero-order chi connectivity index (χ0) is 21.4. The van der Waals surface area contributed by atoms with Crippen molar-refractivity contribution in [3.05, 3.63) is 53.5 Å². The minimum Gasteiger partial charge on any atom is -0.493 e. The number of anilines is 1. The molecule has 1 aliphatic carbocycles. The van der Waals surface area contributed by atoms with E-state index in [0.29, 0.717) is 23.9 Å². The van der Waals surface area contributed by atoms with Crippen LogP contribution in [-0.4, -0.2) is 38.9 Å². The van der Waals surface area contributed by atoms with Crippen LogP contribution in [0.3, 0.4) is 0 Å². The summed E-state index contributed by atoms with van der Waals surface area (Å²) in [4.78, 5) is 21.2. The molecule has 1 N–H and O–H groups in total. The van der Waals surface area contributed by atoms with Crippen LogP contribution in [0.4, 0.5) is 5.82 Å². The van der Waals surface area contributed by atoms with Crippen LogP contribution in [0.15, 0.2) is 36.7 Å². The van der Waals surface area contributed by atoms with Gasteiger partial charge in [0.15, 0.2) is 11.5 Å². The Morgan fingerprint density at radius 2 is 1.90 bits per heavy atom. The Balaban J connectivity index is 1.56. The first kappa shape index (κ1) is 19.5. The molecule has 0 saturated heterocycles. The maximum atomic E-state index is 12.6. The van der Waals surface area contributed by atoms with Crippen molar-refractivity contribution >= 4 is 11.7 Å². The number of nitrogens with zero attached hydrogens (tertiary/aromatic N) is 4. The average molecular weight is 419 g/mol. The number of carbonyl (C=O) groups excluding carboxylic acids is 1. The van der Waals surface area contributed by atoms with E-state index in [0.717, 1.165) is 35.4 Å². The number of fused-ring (bicyclic) bond motifs is 1. The van der Waals surface area contributed by atoms with Gasteiger partial charge in [-0.05, 0) is 56.4 Å². The van der Waals surface area contributed by atoms with E-state index >= 15 is 0 Å². The number of aromatic nitrogens is 4. The van der Waals surface area contributed by atoms with Crippen LogP contribution in [0, 0.1) is 6.92 Å². The maximum absolute atomic E-state index is 12.6. The van der Waals surface area contributed by atoms with Gasteiger partial charge in [0.2, 0.25) is 5.91 Å². The predicted molar refractivity (Wildman–Crippen MR) is 115 cm³/mol. The SMILES string of the molecule is COc1ccc(C2CC(=O)Nc3c2c(C)nn3-c2ncccn2)cc1OC1CCCC1. The van der Waals surface area contributed by atoms with E-state index in [9.17, 15) is 4.79 Å². The highest BCUT2D eigenvalue weighted by Crippen LogP contribution is 2.42. The fourth-order valence-corrected chi connectivity index (χ4v) is 4.57. The summed E-state index contributed by atoms with van der Waals surface area (Å²) >= 11 is 0. The van der Waals surface area contributed by atoms with E-state index in [1.807, 2.05) is 25.1 Å². The first-order valence-corrected chi connectivity index (χ1v) is 10.7. The molecule has 8 heteroatoms. The summed E-state index contributed by atoms with van der Waals surface area (Å²) in [5, 5.41) is 7.60. The molecule has 0 spiro atoms. The van der Waals surface area contributed by atoms with E-state index < -0.39 is 0 Å². The molecule has 8 nitrogen and oxygen atoms in total. The lowest BCUT2D eigenvalue weighted by molar-refractivity contribution is -0.116. The van der Waals surface area contributed by atoms with Crippen molar-refractivity contribution in [2.45, 2.75) is 51.0 Å². The molecule has 3 aromatic rings. The second-order valence-electron chi connectivity index (χ2n) is 8.05. The van der Waals surface area contributed by atoms with Gasteiger partial charge in [-0.15, -0.1) is 0 Å².